The van der Waals surface area contributed by atoms with Crippen LogP contribution in [0.15, 0.2) is 67.0 Å². The first-order valence-electron chi connectivity index (χ1n) is 10.3. The molecular formula is C26H32N2O. The number of carbonyl (C=O) groups is 1. The van der Waals surface area contributed by atoms with Crippen molar-refractivity contribution in [3.05, 3.63) is 78.2 Å². The summed E-state index contributed by atoms with van der Waals surface area (Å²) in [6.07, 6.45) is 15.2. The van der Waals surface area contributed by atoms with E-state index in [-0.39, 0.29) is 17.1 Å². The van der Waals surface area contributed by atoms with Gasteiger partial charge in [0.1, 0.15) is 5.78 Å². The molecule has 1 aromatic heterocycles. The van der Waals surface area contributed by atoms with Crippen LogP contribution in [-0.4, -0.2) is 15.8 Å². The zero-order valence-corrected chi connectivity index (χ0v) is 18.4. The number of rotatable bonds is 5. The zero-order valence-electron chi connectivity index (χ0n) is 18.4. The highest BCUT2D eigenvalue weighted by Gasteiger charge is 2.12. The Morgan fingerprint density at radius 1 is 1.00 bits per heavy atom. The van der Waals surface area contributed by atoms with E-state index in [1.165, 1.54) is 0 Å². The molecule has 0 radical (unpaired) electrons. The first-order chi connectivity index (χ1) is 13.8. The molecule has 0 fully saturated rings. The van der Waals surface area contributed by atoms with Crippen LogP contribution in [0.5, 0.6) is 0 Å². The van der Waals surface area contributed by atoms with Crippen molar-refractivity contribution in [2.75, 3.05) is 0 Å². The van der Waals surface area contributed by atoms with Crippen molar-refractivity contribution in [2.45, 2.75) is 48.0 Å². The van der Waals surface area contributed by atoms with Gasteiger partial charge in [0, 0.05) is 34.9 Å². The molecule has 0 amide bonds. The minimum Gasteiger partial charge on any atom is -0.300 e. The Labute approximate surface area is 175 Å². The maximum Gasteiger partial charge on any atom is 0.159 e. The van der Waals surface area contributed by atoms with Gasteiger partial charge in [-0.15, -0.1) is 0 Å². The molecule has 1 aliphatic carbocycles. The minimum atomic E-state index is 0.0475. The van der Waals surface area contributed by atoms with Crippen molar-refractivity contribution in [1.82, 2.24) is 9.97 Å². The van der Waals surface area contributed by atoms with Gasteiger partial charge in [0.25, 0.3) is 0 Å². The third kappa shape index (κ3) is 6.35. The second-order valence-electron chi connectivity index (χ2n) is 7.84. The SMILES string of the molecule is CC.CC(=O)C(C)Cc1ccc(-c2ncc(C3=CC=CC(C)(C)C=C3)cn2)cc1. The smallest absolute Gasteiger partial charge is 0.159 e. The molecule has 3 nitrogen and oxygen atoms in total. The molecule has 3 rings (SSSR count). The summed E-state index contributed by atoms with van der Waals surface area (Å²) in [6, 6.07) is 8.14. The van der Waals surface area contributed by atoms with Gasteiger partial charge >= 0.3 is 0 Å². The molecule has 0 saturated heterocycles. The van der Waals surface area contributed by atoms with Crippen molar-refractivity contribution in [3.63, 3.8) is 0 Å². The lowest BCUT2D eigenvalue weighted by atomic mass is 9.93. The highest BCUT2D eigenvalue weighted by atomic mass is 16.1. The highest BCUT2D eigenvalue weighted by Crippen LogP contribution is 2.26. The molecular weight excluding hydrogens is 356 g/mol. The summed E-state index contributed by atoms with van der Waals surface area (Å²) in [6.45, 7) is 12.0. The van der Waals surface area contributed by atoms with Crippen LogP contribution in [-0.2, 0) is 11.2 Å². The van der Waals surface area contributed by atoms with Crippen molar-refractivity contribution < 1.29 is 4.79 Å². The Kier molecular flexibility index (Phi) is 7.83. The molecule has 1 aromatic carbocycles. The molecule has 0 spiro atoms. The van der Waals surface area contributed by atoms with Crippen molar-refractivity contribution >= 4 is 11.4 Å². The van der Waals surface area contributed by atoms with Crippen LogP contribution < -0.4 is 0 Å². The quantitative estimate of drug-likeness (QED) is 0.589. The third-order valence-corrected chi connectivity index (χ3v) is 4.93. The van der Waals surface area contributed by atoms with Gasteiger partial charge in [-0.05, 0) is 24.5 Å². The van der Waals surface area contributed by atoms with E-state index in [1.54, 1.807) is 6.92 Å². The number of Topliss-reactive ketones (excluding diaryl/α,β-unsaturated/α-hetero) is 1. The van der Waals surface area contributed by atoms with E-state index in [0.29, 0.717) is 5.82 Å². The molecule has 3 heteroatoms. The van der Waals surface area contributed by atoms with E-state index in [4.69, 9.17) is 0 Å². The van der Waals surface area contributed by atoms with Gasteiger partial charge in [0.2, 0.25) is 0 Å². The second-order valence-corrected chi connectivity index (χ2v) is 7.84. The van der Waals surface area contributed by atoms with Crippen LogP contribution in [0.2, 0.25) is 0 Å². The van der Waals surface area contributed by atoms with E-state index >= 15 is 0 Å². The average Bonchev–Trinajstić information content (AvgIpc) is 2.90. The van der Waals surface area contributed by atoms with Crippen LogP contribution in [0, 0.1) is 11.3 Å². The Morgan fingerprint density at radius 2 is 1.62 bits per heavy atom. The second kappa shape index (κ2) is 10.1. The predicted octanol–water partition coefficient (Wildman–Crippen LogP) is 6.47. The standard InChI is InChI=1S/C24H26N2O.C2H6/c1-17(18(2)27)14-19-7-9-21(10-8-19)23-25-15-22(16-26-23)20-6-5-12-24(3,4)13-11-20;1-2/h5-13,15-17H,14H2,1-4H3;1-2H3. The number of benzene rings is 1. The predicted molar refractivity (Wildman–Crippen MR) is 122 cm³/mol. The highest BCUT2D eigenvalue weighted by molar-refractivity contribution is 5.78. The van der Waals surface area contributed by atoms with Crippen LogP contribution in [0.3, 0.4) is 0 Å². The van der Waals surface area contributed by atoms with E-state index in [0.717, 1.165) is 28.7 Å². The molecule has 29 heavy (non-hydrogen) atoms. The van der Waals surface area contributed by atoms with Crippen molar-refractivity contribution in [1.29, 1.82) is 0 Å². The summed E-state index contributed by atoms with van der Waals surface area (Å²) in [4.78, 5) is 20.5. The third-order valence-electron chi connectivity index (χ3n) is 4.93. The van der Waals surface area contributed by atoms with E-state index in [9.17, 15) is 4.79 Å². The zero-order chi connectivity index (χ0) is 21.4. The van der Waals surface area contributed by atoms with E-state index in [1.807, 2.05) is 45.3 Å². The number of hydrogen-bond acceptors (Lipinski definition) is 3. The largest absolute Gasteiger partial charge is 0.300 e. The van der Waals surface area contributed by atoms with Crippen LogP contribution in [0.1, 0.15) is 52.7 Å². The number of hydrogen-bond donors (Lipinski definition) is 0. The Balaban J connectivity index is 0.00000145. The van der Waals surface area contributed by atoms with Crippen LogP contribution in [0.4, 0.5) is 0 Å². The fourth-order valence-electron chi connectivity index (χ4n) is 2.92. The van der Waals surface area contributed by atoms with Crippen LogP contribution >= 0.6 is 0 Å². The first kappa shape index (κ1) is 22.5. The number of ketones is 1. The maximum absolute atomic E-state index is 11.4. The van der Waals surface area contributed by atoms with Crippen molar-refractivity contribution in [3.8, 4) is 11.4 Å². The normalized spacial score (nSPS) is 15.6. The van der Waals surface area contributed by atoms with Gasteiger partial charge in [-0.2, -0.15) is 0 Å². The maximum atomic E-state index is 11.4. The summed E-state index contributed by atoms with van der Waals surface area (Å²) in [5, 5.41) is 0. The molecule has 2 aromatic rings. The Bertz CT molecular complexity index is 901. The van der Waals surface area contributed by atoms with Gasteiger partial charge < -0.3 is 0 Å². The number of allylic oxidation sites excluding steroid dienone is 6. The van der Waals surface area contributed by atoms with E-state index < -0.39 is 0 Å². The Morgan fingerprint density at radius 3 is 2.21 bits per heavy atom. The lowest BCUT2D eigenvalue weighted by Gasteiger charge is -2.12. The fraction of sp³-hybridized carbons (Fsp3) is 0.346. The Hall–Kier alpha value is -2.81. The monoisotopic (exact) mass is 388 g/mol. The number of aromatic nitrogens is 2. The van der Waals surface area contributed by atoms with Gasteiger partial charge in [-0.3, -0.25) is 4.79 Å². The lowest BCUT2D eigenvalue weighted by Crippen LogP contribution is -2.09. The fourth-order valence-corrected chi connectivity index (χ4v) is 2.92. The lowest BCUT2D eigenvalue weighted by molar-refractivity contribution is -0.120. The molecule has 1 unspecified atom stereocenters. The average molecular weight is 389 g/mol. The number of nitrogens with zero attached hydrogens (tertiary/aromatic N) is 2. The summed E-state index contributed by atoms with van der Waals surface area (Å²) >= 11 is 0. The van der Waals surface area contributed by atoms with E-state index in [2.05, 4.69) is 66.3 Å². The summed E-state index contributed by atoms with van der Waals surface area (Å²) in [5.74, 6) is 0.975. The molecule has 0 aliphatic heterocycles. The summed E-state index contributed by atoms with van der Waals surface area (Å²) in [5.41, 5.74) is 4.30. The van der Waals surface area contributed by atoms with Crippen molar-refractivity contribution in [2.24, 2.45) is 11.3 Å². The number of carbonyl (C=O) groups excluding carboxylic acids is 1. The molecule has 0 saturated carbocycles. The molecule has 0 bridgehead atoms. The molecule has 152 valence electrons. The summed E-state index contributed by atoms with van der Waals surface area (Å²) in [7, 11) is 0. The first-order valence-corrected chi connectivity index (χ1v) is 10.3. The summed E-state index contributed by atoms with van der Waals surface area (Å²) < 4.78 is 0. The molecule has 1 atom stereocenters. The van der Waals surface area contributed by atoms with Gasteiger partial charge in [-0.25, -0.2) is 9.97 Å². The van der Waals surface area contributed by atoms with Crippen LogP contribution in [0.25, 0.3) is 17.0 Å². The minimum absolute atomic E-state index is 0.0475. The van der Waals surface area contributed by atoms with Gasteiger partial charge in [-0.1, -0.05) is 89.3 Å². The van der Waals surface area contributed by atoms with Gasteiger partial charge in [0.05, 0.1) is 0 Å². The molecule has 1 heterocycles. The molecule has 0 N–H and O–H groups in total. The molecule has 1 aliphatic rings. The van der Waals surface area contributed by atoms with Gasteiger partial charge in [0.15, 0.2) is 5.82 Å². The topological polar surface area (TPSA) is 42.9 Å².